The molecule has 2 aromatic rings. The summed E-state index contributed by atoms with van der Waals surface area (Å²) >= 11 is 3.42. The standard InChI is InChI=1S/C16H18BrN3O3/c1-10-5-12(16(21)22)8-20(7-10)9-14-18-15(19-23-14)11-3-2-4-13(17)6-11/h2-4,6,10,12H,5,7-9H2,1H3,(H,21,22). The third kappa shape index (κ3) is 3.97. The minimum absolute atomic E-state index is 0.328. The van der Waals surface area contributed by atoms with E-state index in [4.69, 9.17) is 4.52 Å². The molecule has 2 unspecified atom stereocenters. The van der Waals surface area contributed by atoms with Gasteiger partial charge in [0.1, 0.15) is 0 Å². The first-order chi connectivity index (χ1) is 11.0. The van der Waals surface area contributed by atoms with E-state index in [1.54, 1.807) is 0 Å². The van der Waals surface area contributed by atoms with Gasteiger partial charge < -0.3 is 9.63 Å². The maximum atomic E-state index is 11.2. The van der Waals surface area contributed by atoms with Gasteiger partial charge in [0.25, 0.3) is 0 Å². The van der Waals surface area contributed by atoms with E-state index in [9.17, 15) is 9.90 Å². The van der Waals surface area contributed by atoms with E-state index in [0.717, 1.165) is 23.0 Å². The highest BCUT2D eigenvalue weighted by molar-refractivity contribution is 9.10. The number of piperidine rings is 1. The van der Waals surface area contributed by atoms with Crippen LogP contribution in [-0.2, 0) is 11.3 Å². The number of benzene rings is 1. The fraction of sp³-hybridized carbons (Fsp3) is 0.438. The summed E-state index contributed by atoms with van der Waals surface area (Å²) in [6.45, 7) is 3.92. The average Bonchev–Trinajstić information content (AvgIpc) is 2.95. The Morgan fingerprint density at radius 2 is 2.30 bits per heavy atom. The Morgan fingerprint density at radius 3 is 3.04 bits per heavy atom. The van der Waals surface area contributed by atoms with Crippen LogP contribution in [0.4, 0.5) is 0 Å². The third-order valence-corrected chi connectivity index (χ3v) is 4.49. The summed E-state index contributed by atoms with van der Waals surface area (Å²) in [6.07, 6.45) is 0.721. The molecule has 0 saturated carbocycles. The molecule has 0 bridgehead atoms. The molecule has 1 fully saturated rings. The Balaban J connectivity index is 1.70. The van der Waals surface area contributed by atoms with Gasteiger partial charge in [0.05, 0.1) is 12.5 Å². The van der Waals surface area contributed by atoms with Gasteiger partial charge in [-0.3, -0.25) is 9.69 Å². The second-order valence-corrected chi connectivity index (χ2v) is 7.01. The van der Waals surface area contributed by atoms with Crippen molar-refractivity contribution in [2.75, 3.05) is 13.1 Å². The highest BCUT2D eigenvalue weighted by Crippen LogP contribution is 2.24. The van der Waals surface area contributed by atoms with Crippen molar-refractivity contribution in [3.8, 4) is 11.4 Å². The normalized spacial score (nSPS) is 22.2. The Morgan fingerprint density at radius 1 is 1.48 bits per heavy atom. The maximum absolute atomic E-state index is 11.2. The van der Waals surface area contributed by atoms with Gasteiger partial charge >= 0.3 is 5.97 Å². The van der Waals surface area contributed by atoms with Crippen molar-refractivity contribution in [3.05, 3.63) is 34.6 Å². The van der Waals surface area contributed by atoms with Crippen LogP contribution in [0.15, 0.2) is 33.3 Å². The highest BCUT2D eigenvalue weighted by Gasteiger charge is 2.30. The number of carboxylic acid groups (broad SMARTS) is 1. The van der Waals surface area contributed by atoms with Gasteiger partial charge in [0.15, 0.2) is 0 Å². The highest BCUT2D eigenvalue weighted by atomic mass is 79.9. The third-order valence-electron chi connectivity index (χ3n) is 3.99. The van der Waals surface area contributed by atoms with Crippen molar-refractivity contribution in [2.24, 2.45) is 11.8 Å². The number of hydrogen-bond donors (Lipinski definition) is 1. The molecule has 1 aliphatic rings. The van der Waals surface area contributed by atoms with E-state index >= 15 is 0 Å². The lowest BCUT2D eigenvalue weighted by Crippen LogP contribution is -2.42. The molecule has 122 valence electrons. The van der Waals surface area contributed by atoms with Crippen LogP contribution in [0, 0.1) is 11.8 Å². The lowest BCUT2D eigenvalue weighted by Gasteiger charge is -2.33. The van der Waals surface area contributed by atoms with Crippen molar-refractivity contribution >= 4 is 21.9 Å². The van der Waals surface area contributed by atoms with Crippen molar-refractivity contribution < 1.29 is 14.4 Å². The maximum Gasteiger partial charge on any atom is 0.307 e. The Hall–Kier alpha value is -1.73. The first kappa shape index (κ1) is 16.1. The van der Waals surface area contributed by atoms with Crippen LogP contribution in [-0.4, -0.2) is 39.2 Å². The zero-order valence-electron chi connectivity index (χ0n) is 12.8. The molecule has 3 rings (SSSR count). The zero-order chi connectivity index (χ0) is 16.4. The van der Waals surface area contributed by atoms with Crippen molar-refractivity contribution in [1.29, 1.82) is 0 Å². The molecule has 2 heterocycles. The Labute approximate surface area is 142 Å². The SMILES string of the molecule is CC1CC(C(=O)O)CN(Cc2nc(-c3cccc(Br)c3)no2)C1. The molecule has 0 aliphatic carbocycles. The molecule has 0 radical (unpaired) electrons. The lowest BCUT2D eigenvalue weighted by molar-refractivity contribution is -0.144. The van der Waals surface area contributed by atoms with Crippen molar-refractivity contribution in [3.63, 3.8) is 0 Å². The molecular formula is C16H18BrN3O3. The summed E-state index contributed by atoms with van der Waals surface area (Å²) < 4.78 is 6.28. The van der Waals surface area contributed by atoms with Gasteiger partial charge in [-0.05, 0) is 24.5 Å². The smallest absolute Gasteiger partial charge is 0.307 e. The fourth-order valence-electron chi connectivity index (χ4n) is 3.02. The number of aliphatic carboxylic acids is 1. The molecule has 0 spiro atoms. The summed E-state index contributed by atoms with van der Waals surface area (Å²) in [4.78, 5) is 17.7. The van der Waals surface area contributed by atoms with Gasteiger partial charge in [-0.1, -0.05) is 40.1 Å². The average molecular weight is 380 g/mol. The van der Waals surface area contributed by atoms with Gasteiger partial charge in [0.2, 0.25) is 11.7 Å². The summed E-state index contributed by atoms with van der Waals surface area (Å²) in [5.41, 5.74) is 0.879. The summed E-state index contributed by atoms with van der Waals surface area (Å²) in [5.74, 6) is 0.338. The topological polar surface area (TPSA) is 79.5 Å². The molecule has 1 aromatic carbocycles. The van der Waals surface area contributed by atoms with E-state index in [1.165, 1.54) is 0 Å². The molecule has 1 saturated heterocycles. The fourth-order valence-corrected chi connectivity index (χ4v) is 3.42. The van der Waals surface area contributed by atoms with Crippen LogP contribution in [0.2, 0.25) is 0 Å². The number of rotatable bonds is 4. The van der Waals surface area contributed by atoms with Crippen LogP contribution < -0.4 is 0 Å². The summed E-state index contributed by atoms with van der Waals surface area (Å²) in [7, 11) is 0. The quantitative estimate of drug-likeness (QED) is 0.879. The number of likely N-dealkylation sites (tertiary alicyclic amines) is 1. The van der Waals surface area contributed by atoms with E-state index < -0.39 is 5.97 Å². The molecule has 23 heavy (non-hydrogen) atoms. The molecule has 2 atom stereocenters. The van der Waals surface area contributed by atoms with Crippen LogP contribution in [0.5, 0.6) is 0 Å². The van der Waals surface area contributed by atoms with Crippen LogP contribution in [0.1, 0.15) is 19.2 Å². The largest absolute Gasteiger partial charge is 0.481 e. The molecule has 6 nitrogen and oxygen atoms in total. The van der Waals surface area contributed by atoms with E-state index in [-0.39, 0.29) is 5.92 Å². The van der Waals surface area contributed by atoms with Crippen LogP contribution in [0.3, 0.4) is 0 Å². The zero-order valence-corrected chi connectivity index (χ0v) is 14.4. The van der Waals surface area contributed by atoms with E-state index in [2.05, 4.69) is 37.9 Å². The second-order valence-electron chi connectivity index (χ2n) is 6.09. The molecule has 1 N–H and O–H groups in total. The number of hydrogen-bond acceptors (Lipinski definition) is 5. The van der Waals surface area contributed by atoms with Crippen molar-refractivity contribution in [2.45, 2.75) is 19.9 Å². The number of carboxylic acids is 1. The number of halogens is 1. The Kier molecular flexibility index (Phi) is 4.77. The number of nitrogens with zero attached hydrogens (tertiary/aromatic N) is 3. The molecule has 1 aromatic heterocycles. The second kappa shape index (κ2) is 6.80. The van der Waals surface area contributed by atoms with Gasteiger partial charge in [-0.2, -0.15) is 4.98 Å². The van der Waals surface area contributed by atoms with E-state index in [1.807, 2.05) is 24.3 Å². The minimum atomic E-state index is -0.734. The first-order valence-electron chi connectivity index (χ1n) is 7.55. The first-order valence-corrected chi connectivity index (χ1v) is 8.34. The van der Waals surface area contributed by atoms with E-state index in [0.29, 0.717) is 30.7 Å². The molecule has 7 heteroatoms. The monoisotopic (exact) mass is 379 g/mol. The summed E-state index contributed by atoms with van der Waals surface area (Å²) in [5, 5.41) is 13.3. The number of aromatic nitrogens is 2. The molecule has 1 aliphatic heterocycles. The molecule has 0 amide bonds. The lowest BCUT2D eigenvalue weighted by atomic mass is 9.90. The predicted molar refractivity (Wildman–Crippen MR) is 87.6 cm³/mol. The summed E-state index contributed by atoms with van der Waals surface area (Å²) in [6, 6.07) is 7.70. The molecular weight excluding hydrogens is 362 g/mol. The van der Waals surface area contributed by atoms with Crippen LogP contribution >= 0.6 is 15.9 Å². The van der Waals surface area contributed by atoms with Gasteiger partial charge in [-0.25, -0.2) is 0 Å². The van der Waals surface area contributed by atoms with Gasteiger partial charge in [0, 0.05) is 23.1 Å². The predicted octanol–water partition coefficient (Wildman–Crippen LogP) is 3.04. The van der Waals surface area contributed by atoms with Gasteiger partial charge in [-0.15, -0.1) is 0 Å². The minimum Gasteiger partial charge on any atom is -0.481 e. The van der Waals surface area contributed by atoms with Crippen LogP contribution in [0.25, 0.3) is 11.4 Å². The Bertz CT molecular complexity index is 703. The number of carbonyl (C=O) groups is 1. The van der Waals surface area contributed by atoms with Crippen molar-refractivity contribution in [1.82, 2.24) is 15.0 Å².